The first-order chi connectivity index (χ1) is 38.2. The minimum absolute atomic E-state index is 0.0236. The number of fused-ring (bicyclic) bond motifs is 7. The summed E-state index contributed by atoms with van der Waals surface area (Å²) < 4.78 is 2.82. The average Bonchev–Trinajstić information content (AvgIpc) is 3.96. The van der Waals surface area contributed by atoms with Gasteiger partial charge in [-0.25, -0.2) is 0 Å². The average molecular weight is 1040 g/mol. The van der Waals surface area contributed by atoms with Crippen molar-refractivity contribution >= 4 is 76.9 Å². The van der Waals surface area contributed by atoms with Crippen LogP contribution in [0.2, 0.25) is 0 Å². The molecule has 0 radical (unpaired) electrons. The van der Waals surface area contributed by atoms with Crippen LogP contribution in [0.15, 0.2) is 268 Å². The van der Waals surface area contributed by atoms with E-state index in [9.17, 15) is 0 Å². The summed E-state index contributed by atoms with van der Waals surface area (Å²) in [7, 11) is 0. The predicted molar refractivity (Wildman–Crippen MR) is 323 cm³/mol. The molecule has 0 aliphatic heterocycles. The fourth-order valence-corrected chi connectivity index (χ4v) is 14.7. The summed E-state index contributed by atoms with van der Waals surface area (Å²) in [4.78, 5) is 18.1. The van der Waals surface area contributed by atoms with Crippen LogP contribution in [-0.4, -0.2) is 34.4 Å². The van der Waals surface area contributed by atoms with Crippen LogP contribution in [0.3, 0.4) is 0 Å². The number of nitrogens with zero attached hydrogens (tertiary/aromatic N) is 4. The Hall–Kier alpha value is -9.64. The van der Waals surface area contributed by atoms with Crippen molar-refractivity contribution < 1.29 is 0 Å². The minimum atomic E-state index is 0.0236. The number of hydrogen-bond donors (Lipinski definition) is 0. The molecule has 0 fully saturated rings. The third kappa shape index (κ3) is 7.59. The predicted octanol–water partition coefficient (Wildman–Crippen LogP) is 18.6. The number of pyridine rings is 4. The zero-order valence-electron chi connectivity index (χ0n) is 41.6. The van der Waals surface area contributed by atoms with E-state index in [0.29, 0.717) is 0 Å². The molecular weight excluding hydrogens is 1000 g/mol. The molecule has 0 N–H and O–H groups in total. The molecule has 0 saturated heterocycles. The van der Waals surface area contributed by atoms with Crippen molar-refractivity contribution in [1.82, 2.24) is 19.9 Å². The normalized spacial score (nSPS) is 11.6. The van der Waals surface area contributed by atoms with E-state index >= 15 is 0 Å². The maximum atomic E-state index is 4.53. The Balaban J connectivity index is 0.959. The van der Waals surface area contributed by atoms with E-state index < -0.39 is 0 Å². The van der Waals surface area contributed by atoms with Crippen molar-refractivity contribution in [2.24, 2.45) is 0 Å². The molecule has 0 amide bonds. The third-order valence-electron chi connectivity index (χ3n) is 15.3. The van der Waals surface area contributed by atoms with E-state index in [2.05, 4.69) is 214 Å². The van der Waals surface area contributed by atoms with Crippen molar-refractivity contribution in [3.8, 4) is 89.0 Å². The van der Waals surface area contributed by atoms with Crippen LogP contribution in [-0.2, 0) is 0 Å². The van der Waals surface area contributed by atoms with Crippen molar-refractivity contribution in [3.63, 3.8) is 0 Å². The van der Waals surface area contributed by atoms with Gasteiger partial charge in [0.15, 0.2) is 0 Å². The summed E-state index contributed by atoms with van der Waals surface area (Å²) in [5.74, 6) is 0. The summed E-state index contributed by atoms with van der Waals surface area (Å²) in [5.41, 5.74) is 18.6. The number of aromatic nitrogens is 4. The Morgan fingerprint density at radius 1 is 0.234 bits per heavy atom. The van der Waals surface area contributed by atoms with Gasteiger partial charge in [-0.15, -0.1) is 0 Å². The van der Waals surface area contributed by atoms with Gasteiger partial charge in [-0.3, -0.25) is 9.97 Å². The molecule has 358 valence electrons. The third-order valence-corrected chi connectivity index (χ3v) is 17.9. The van der Waals surface area contributed by atoms with Gasteiger partial charge in [0.2, 0.25) is 0 Å². The fraction of sp³-hybridized carbons (Fsp3) is 0. The van der Waals surface area contributed by atoms with Gasteiger partial charge in [-0.05, 0) is 12.1 Å². The Morgan fingerprint density at radius 2 is 0.545 bits per heavy atom. The molecule has 15 aromatic rings. The van der Waals surface area contributed by atoms with Crippen LogP contribution in [0.5, 0.6) is 0 Å². The number of benzene rings is 10. The van der Waals surface area contributed by atoms with Gasteiger partial charge in [0.25, 0.3) is 0 Å². The molecule has 77 heavy (non-hydrogen) atoms. The molecular formula is C72H44N4Se. The molecule has 0 saturated carbocycles. The second-order valence-electron chi connectivity index (χ2n) is 19.7. The van der Waals surface area contributed by atoms with Crippen LogP contribution in [0.4, 0.5) is 0 Å². The molecule has 0 aliphatic rings. The second kappa shape index (κ2) is 18.6. The fourth-order valence-electron chi connectivity index (χ4n) is 12.1. The zero-order valence-corrected chi connectivity index (χ0v) is 43.3. The van der Waals surface area contributed by atoms with Gasteiger partial charge in [0, 0.05) is 24.8 Å². The monoisotopic (exact) mass is 1040 g/mol. The van der Waals surface area contributed by atoms with Crippen molar-refractivity contribution in [2.45, 2.75) is 0 Å². The summed E-state index contributed by atoms with van der Waals surface area (Å²) in [6.07, 6.45) is 15.2. The van der Waals surface area contributed by atoms with Crippen LogP contribution >= 0.6 is 0 Å². The summed E-state index contributed by atoms with van der Waals surface area (Å²) in [6.45, 7) is 0. The zero-order chi connectivity index (χ0) is 50.8. The van der Waals surface area contributed by atoms with E-state index in [4.69, 9.17) is 0 Å². The van der Waals surface area contributed by atoms with Gasteiger partial charge >= 0.3 is 407 Å². The van der Waals surface area contributed by atoms with E-state index in [1.807, 2.05) is 73.8 Å². The molecule has 0 unspecified atom stereocenters. The first-order valence-corrected chi connectivity index (χ1v) is 27.7. The molecule has 5 heterocycles. The van der Waals surface area contributed by atoms with Crippen LogP contribution in [0, 0.1) is 0 Å². The Kier molecular flexibility index (Phi) is 10.8. The van der Waals surface area contributed by atoms with Gasteiger partial charge in [0.1, 0.15) is 0 Å². The summed E-state index contributed by atoms with van der Waals surface area (Å²) >= 11 is 0.0236. The van der Waals surface area contributed by atoms with E-state index in [0.717, 1.165) is 55.6 Å². The standard InChI is InChI=1S/C72H44N4Se/c1-5-23-59-55(19-1)67(53-37-49(45-15-11-31-73-41-45)35-50(38-53)46-16-12-32-74-42-46)56-20-2-6-24-60(56)69(59)63-27-10-30-66-71(63)65-29-9-28-64(72(65)77-66)70-61-25-7-3-21-57(61)68(58-22-4-8-26-62(58)70)54-39-51(47-17-13-33-75-43-47)36-52(40-54)48-18-14-34-76-44-48/h1-44H. The quantitative estimate of drug-likeness (QED) is 0.112. The van der Waals surface area contributed by atoms with Crippen LogP contribution in [0.1, 0.15) is 0 Å². The molecule has 5 aromatic heterocycles. The Labute approximate surface area is 451 Å². The summed E-state index contributed by atoms with van der Waals surface area (Å²) in [6, 6.07) is 80.7. The van der Waals surface area contributed by atoms with E-state index in [1.165, 1.54) is 95.8 Å². The van der Waals surface area contributed by atoms with Gasteiger partial charge in [-0.1, -0.05) is 0 Å². The van der Waals surface area contributed by atoms with E-state index in [-0.39, 0.29) is 14.5 Å². The van der Waals surface area contributed by atoms with Crippen molar-refractivity contribution in [1.29, 1.82) is 0 Å². The first-order valence-electron chi connectivity index (χ1n) is 26.0. The molecule has 0 atom stereocenters. The van der Waals surface area contributed by atoms with E-state index in [1.54, 1.807) is 0 Å². The maximum absolute atomic E-state index is 4.53. The molecule has 10 aromatic carbocycles. The second-order valence-corrected chi connectivity index (χ2v) is 21.9. The SMILES string of the molecule is c1cncc(-c2cc(-c3cccnc3)cc(-c3c4ccccc4c(-c4cccc5c4[se]c4cccc(-c6c7ccccc7c(-c7cc(-c8cccnc8)cc(-c8cccnc8)c7)c7ccccc67)c45)c4ccccc34)c2)c1. The van der Waals surface area contributed by atoms with Crippen LogP contribution < -0.4 is 0 Å². The number of rotatable bonds is 8. The topological polar surface area (TPSA) is 51.6 Å². The molecule has 0 bridgehead atoms. The van der Waals surface area contributed by atoms with Gasteiger partial charge < -0.3 is 0 Å². The molecule has 0 aliphatic carbocycles. The van der Waals surface area contributed by atoms with Crippen molar-refractivity contribution in [3.05, 3.63) is 268 Å². The van der Waals surface area contributed by atoms with Crippen molar-refractivity contribution in [2.75, 3.05) is 0 Å². The summed E-state index contributed by atoms with van der Waals surface area (Å²) in [5, 5.41) is 12.5. The Morgan fingerprint density at radius 3 is 0.909 bits per heavy atom. The molecule has 5 heteroatoms. The Bertz CT molecular complexity index is 4550. The number of hydrogen-bond acceptors (Lipinski definition) is 4. The first kappa shape index (κ1) is 44.8. The molecule has 0 spiro atoms. The van der Waals surface area contributed by atoms with Gasteiger partial charge in [-0.2, -0.15) is 0 Å². The molecule has 15 rings (SSSR count). The molecule has 4 nitrogen and oxygen atoms in total. The van der Waals surface area contributed by atoms with Crippen LogP contribution in [0.25, 0.3) is 151 Å². The van der Waals surface area contributed by atoms with Gasteiger partial charge in [0.05, 0.1) is 0 Å².